The summed E-state index contributed by atoms with van der Waals surface area (Å²) in [5, 5.41) is 14.1. The summed E-state index contributed by atoms with van der Waals surface area (Å²) in [7, 11) is 2.97. The van der Waals surface area contributed by atoms with Crippen molar-refractivity contribution in [2.24, 2.45) is 0 Å². The van der Waals surface area contributed by atoms with Gasteiger partial charge in [-0.2, -0.15) is 0 Å². The minimum atomic E-state index is -1.69. The Morgan fingerprint density at radius 2 is 1.69 bits per heavy atom. The van der Waals surface area contributed by atoms with E-state index in [0.29, 0.717) is 17.1 Å². The first-order valence-corrected chi connectivity index (χ1v) is 12.8. The van der Waals surface area contributed by atoms with E-state index in [-0.39, 0.29) is 30.1 Å². The molecule has 0 unspecified atom stereocenters. The summed E-state index contributed by atoms with van der Waals surface area (Å²) < 4.78 is 73.3. The van der Waals surface area contributed by atoms with Gasteiger partial charge in [-0.3, -0.25) is 4.79 Å². The molecule has 3 aromatic carbocycles. The van der Waals surface area contributed by atoms with Crippen LogP contribution in [0.15, 0.2) is 42.1 Å². The monoisotopic (exact) mass is 610 g/mol. The van der Waals surface area contributed by atoms with Gasteiger partial charge in [-0.05, 0) is 38.1 Å². The maximum atomic E-state index is 14.9. The molecule has 0 radical (unpaired) electrons. The highest BCUT2D eigenvalue weighted by atomic mass is 35.5. The van der Waals surface area contributed by atoms with E-state index in [9.17, 15) is 32.3 Å². The van der Waals surface area contributed by atoms with Crippen LogP contribution in [0.2, 0.25) is 5.02 Å². The molecule has 13 heteroatoms. The van der Waals surface area contributed by atoms with E-state index in [4.69, 9.17) is 25.8 Å². The molecule has 3 N–H and O–H groups in total. The standard InChI is InChI=1S/C29H27ClF4N2O6/c1-5-42-29(39)18(28(38)23-14(2)25(32)27(34)24(30)26(23)33)12-36-20-10-21(19(31)8-16(20)13-37)35-11-15-6-7-17(40-3)9-22(15)41-4/h6-10,12,35-37H,5,11,13H2,1-4H3/b18-12-. The van der Waals surface area contributed by atoms with Crippen molar-refractivity contribution in [3.05, 3.63) is 92.7 Å². The number of hydrogen-bond donors (Lipinski definition) is 3. The minimum Gasteiger partial charge on any atom is -0.497 e. The van der Waals surface area contributed by atoms with Gasteiger partial charge in [0.25, 0.3) is 0 Å². The van der Waals surface area contributed by atoms with Crippen LogP contribution in [0.5, 0.6) is 11.5 Å². The van der Waals surface area contributed by atoms with Gasteiger partial charge in [0.15, 0.2) is 17.5 Å². The van der Waals surface area contributed by atoms with E-state index in [2.05, 4.69) is 10.6 Å². The Kier molecular flexibility index (Phi) is 10.8. The molecule has 3 aromatic rings. The Morgan fingerprint density at radius 3 is 2.31 bits per heavy atom. The number of ketones is 1. The number of rotatable bonds is 12. The predicted molar refractivity (Wildman–Crippen MR) is 148 cm³/mol. The number of hydrogen-bond acceptors (Lipinski definition) is 8. The third-order valence-corrected chi connectivity index (χ3v) is 6.50. The van der Waals surface area contributed by atoms with Gasteiger partial charge in [0.1, 0.15) is 27.9 Å². The number of Topliss-reactive ketones (excluding diaryl/α,β-unsaturated/α-hetero) is 1. The lowest BCUT2D eigenvalue weighted by molar-refractivity contribution is -0.138. The third kappa shape index (κ3) is 6.77. The average molecular weight is 611 g/mol. The maximum Gasteiger partial charge on any atom is 0.343 e. The van der Waals surface area contributed by atoms with Crippen LogP contribution in [0.25, 0.3) is 0 Å². The maximum absolute atomic E-state index is 14.9. The average Bonchev–Trinajstić information content (AvgIpc) is 2.98. The van der Waals surface area contributed by atoms with Gasteiger partial charge < -0.3 is 30.0 Å². The molecule has 0 aliphatic heterocycles. The van der Waals surface area contributed by atoms with Gasteiger partial charge in [0.2, 0.25) is 5.78 Å². The normalized spacial score (nSPS) is 11.2. The topological polar surface area (TPSA) is 106 Å². The number of carbonyl (C=O) groups is 2. The molecule has 8 nitrogen and oxygen atoms in total. The zero-order valence-electron chi connectivity index (χ0n) is 23.0. The van der Waals surface area contributed by atoms with Crippen LogP contribution in [0.3, 0.4) is 0 Å². The van der Waals surface area contributed by atoms with Crippen molar-refractivity contribution < 1.29 is 46.5 Å². The highest BCUT2D eigenvalue weighted by molar-refractivity contribution is 6.32. The molecule has 0 aliphatic rings. The van der Waals surface area contributed by atoms with Gasteiger partial charge in [-0.1, -0.05) is 11.6 Å². The molecule has 42 heavy (non-hydrogen) atoms. The molecule has 0 amide bonds. The fourth-order valence-corrected chi connectivity index (χ4v) is 4.10. The van der Waals surface area contributed by atoms with E-state index < -0.39 is 63.4 Å². The summed E-state index contributed by atoms with van der Waals surface area (Å²) in [5.74, 6) is -7.07. The smallest absolute Gasteiger partial charge is 0.343 e. The number of aliphatic hydroxyl groups excluding tert-OH is 1. The summed E-state index contributed by atoms with van der Waals surface area (Å²) >= 11 is 5.52. The second kappa shape index (κ2) is 14.1. The van der Waals surface area contributed by atoms with Crippen LogP contribution in [0.4, 0.5) is 28.9 Å². The molecule has 3 rings (SSSR count). The summed E-state index contributed by atoms with van der Waals surface area (Å²) in [6.45, 7) is 1.69. The number of anilines is 2. The molecular weight excluding hydrogens is 584 g/mol. The van der Waals surface area contributed by atoms with Crippen LogP contribution in [0.1, 0.15) is 34.0 Å². The lowest BCUT2D eigenvalue weighted by Crippen LogP contribution is -2.20. The Hall–Kier alpha value is -4.29. The highest BCUT2D eigenvalue weighted by Crippen LogP contribution is 2.31. The van der Waals surface area contributed by atoms with Crippen LogP contribution < -0.4 is 20.1 Å². The van der Waals surface area contributed by atoms with Gasteiger partial charge in [-0.15, -0.1) is 0 Å². The van der Waals surface area contributed by atoms with E-state index >= 15 is 0 Å². The van der Waals surface area contributed by atoms with Crippen LogP contribution in [-0.2, 0) is 22.7 Å². The summed E-state index contributed by atoms with van der Waals surface area (Å²) in [6, 6.07) is 7.35. The van der Waals surface area contributed by atoms with Crippen LogP contribution in [0, 0.1) is 30.2 Å². The van der Waals surface area contributed by atoms with Gasteiger partial charge in [0, 0.05) is 41.2 Å². The first-order chi connectivity index (χ1) is 20.0. The fraction of sp³-hybridized carbons (Fsp3) is 0.241. The predicted octanol–water partition coefficient (Wildman–Crippen LogP) is 6.07. The van der Waals surface area contributed by atoms with E-state index in [1.165, 1.54) is 27.2 Å². The summed E-state index contributed by atoms with van der Waals surface area (Å²) in [6.07, 6.45) is 0.830. The Labute approximate surface area is 243 Å². The molecular formula is C29H27ClF4N2O6. The molecule has 0 spiro atoms. The first kappa shape index (κ1) is 32.2. The number of aliphatic hydroxyl groups is 1. The number of esters is 1. The van der Waals surface area contributed by atoms with Crippen molar-refractivity contribution in [3.8, 4) is 11.5 Å². The second-order valence-corrected chi connectivity index (χ2v) is 9.06. The molecule has 0 fully saturated rings. The quantitative estimate of drug-likeness (QED) is 0.0332. The molecule has 0 heterocycles. The molecule has 224 valence electrons. The number of ether oxygens (including phenoxy) is 3. The van der Waals surface area contributed by atoms with Crippen molar-refractivity contribution in [1.82, 2.24) is 0 Å². The van der Waals surface area contributed by atoms with E-state index in [1.54, 1.807) is 18.2 Å². The van der Waals surface area contributed by atoms with Crippen molar-refractivity contribution >= 4 is 34.7 Å². The van der Waals surface area contributed by atoms with Gasteiger partial charge in [-0.25, -0.2) is 22.4 Å². The fourth-order valence-electron chi connectivity index (χ4n) is 3.93. The molecule has 0 saturated heterocycles. The third-order valence-electron chi connectivity index (χ3n) is 6.17. The molecule has 0 atom stereocenters. The largest absolute Gasteiger partial charge is 0.497 e. The Balaban J connectivity index is 2.00. The van der Waals surface area contributed by atoms with Crippen LogP contribution in [-0.4, -0.2) is 37.7 Å². The number of benzene rings is 3. The van der Waals surface area contributed by atoms with Gasteiger partial charge in [0.05, 0.1) is 38.7 Å². The number of carbonyl (C=O) groups excluding carboxylic acids is 2. The summed E-state index contributed by atoms with van der Waals surface area (Å²) in [5.41, 5.74) is -1.77. The van der Waals surface area contributed by atoms with E-state index in [1.807, 2.05) is 0 Å². The molecule has 0 aliphatic carbocycles. The van der Waals surface area contributed by atoms with Crippen molar-refractivity contribution in [2.75, 3.05) is 31.5 Å². The van der Waals surface area contributed by atoms with Crippen molar-refractivity contribution in [3.63, 3.8) is 0 Å². The molecule has 0 saturated carbocycles. The molecule has 0 bridgehead atoms. The van der Waals surface area contributed by atoms with Crippen LogP contribution >= 0.6 is 11.6 Å². The number of nitrogens with one attached hydrogen (secondary N) is 2. The van der Waals surface area contributed by atoms with Crippen molar-refractivity contribution in [1.29, 1.82) is 0 Å². The van der Waals surface area contributed by atoms with Gasteiger partial charge >= 0.3 is 5.97 Å². The van der Waals surface area contributed by atoms with Crippen molar-refractivity contribution in [2.45, 2.75) is 27.0 Å². The first-order valence-electron chi connectivity index (χ1n) is 12.4. The zero-order valence-corrected chi connectivity index (χ0v) is 23.7. The zero-order chi connectivity index (χ0) is 31.1. The Bertz CT molecular complexity index is 1520. The lowest BCUT2D eigenvalue weighted by atomic mass is 9.98. The minimum absolute atomic E-state index is 0.0285. The lowest BCUT2D eigenvalue weighted by Gasteiger charge is -2.16. The molecule has 0 aromatic heterocycles. The second-order valence-electron chi connectivity index (χ2n) is 8.69. The number of halogens is 5. The SMILES string of the molecule is CCOC(=O)/C(=C\Nc1cc(NCc2ccc(OC)cc2OC)c(F)cc1CO)C(=O)c1c(C)c(F)c(F)c(Cl)c1F. The highest BCUT2D eigenvalue weighted by Gasteiger charge is 2.31. The van der Waals surface area contributed by atoms with E-state index in [0.717, 1.165) is 19.2 Å². The Morgan fingerprint density at radius 1 is 0.976 bits per heavy atom. The summed E-state index contributed by atoms with van der Waals surface area (Å²) in [4.78, 5) is 25.9. The number of methoxy groups -OCH3 is 2.